The second-order valence-electron chi connectivity index (χ2n) is 5.00. The first-order chi connectivity index (χ1) is 10.3. The van der Waals surface area contributed by atoms with Crippen molar-refractivity contribution in [2.45, 2.75) is 12.6 Å². The highest BCUT2D eigenvalue weighted by Gasteiger charge is 2.25. The lowest BCUT2D eigenvalue weighted by Gasteiger charge is -2.24. The van der Waals surface area contributed by atoms with E-state index in [0.717, 1.165) is 33.9 Å². The van der Waals surface area contributed by atoms with E-state index in [1.165, 1.54) is 0 Å². The first-order valence-corrected chi connectivity index (χ1v) is 6.91. The normalized spacial score (nSPS) is 17.1. The molecular formula is C16H15N3O2. The summed E-state index contributed by atoms with van der Waals surface area (Å²) in [6.45, 7) is 0.904. The van der Waals surface area contributed by atoms with Crippen LogP contribution in [-0.4, -0.2) is 16.6 Å². The molecule has 0 radical (unpaired) electrons. The summed E-state index contributed by atoms with van der Waals surface area (Å²) in [6, 6.07) is 13.6. The van der Waals surface area contributed by atoms with Crippen LogP contribution in [0.2, 0.25) is 0 Å². The zero-order valence-corrected chi connectivity index (χ0v) is 11.4. The number of rotatable bonds is 2. The van der Waals surface area contributed by atoms with E-state index in [0.29, 0.717) is 13.2 Å². The Bertz CT molecular complexity index is 797. The summed E-state index contributed by atoms with van der Waals surface area (Å²) in [5, 5.41) is 0. The molecule has 2 aromatic carbocycles. The van der Waals surface area contributed by atoms with E-state index >= 15 is 0 Å². The second-order valence-corrected chi connectivity index (χ2v) is 5.00. The number of nitrogens with two attached hydrogens (primary N) is 1. The molecule has 2 heterocycles. The van der Waals surface area contributed by atoms with E-state index in [2.05, 4.69) is 9.97 Å². The number of aromatic nitrogens is 2. The number of nitrogens with one attached hydrogen (secondary N) is 1. The van der Waals surface area contributed by atoms with Crippen LogP contribution < -0.4 is 15.2 Å². The number of hydrogen-bond donors (Lipinski definition) is 2. The van der Waals surface area contributed by atoms with Gasteiger partial charge >= 0.3 is 0 Å². The molecule has 3 aromatic rings. The molecule has 0 saturated carbocycles. The van der Waals surface area contributed by atoms with Crippen LogP contribution in [0, 0.1) is 0 Å². The molecule has 1 aliphatic rings. The molecular weight excluding hydrogens is 266 g/mol. The second kappa shape index (κ2) is 4.79. The fourth-order valence-corrected chi connectivity index (χ4v) is 2.58. The molecule has 5 nitrogen and oxygen atoms in total. The molecule has 3 N–H and O–H groups in total. The summed E-state index contributed by atoms with van der Waals surface area (Å²) < 4.78 is 11.7. The van der Waals surface area contributed by atoms with Crippen molar-refractivity contribution >= 4 is 11.0 Å². The van der Waals surface area contributed by atoms with Gasteiger partial charge in [0.2, 0.25) is 0 Å². The lowest BCUT2D eigenvalue weighted by atomic mass is 10.2. The third-order valence-electron chi connectivity index (χ3n) is 3.65. The molecule has 4 rings (SSSR count). The van der Waals surface area contributed by atoms with Crippen LogP contribution in [0.5, 0.6) is 11.5 Å². The lowest BCUT2D eigenvalue weighted by Crippen LogP contribution is -2.22. The zero-order valence-electron chi connectivity index (χ0n) is 11.4. The smallest absolute Gasteiger partial charge is 0.190 e. The minimum absolute atomic E-state index is 0.238. The van der Waals surface area contributed by atoms with Crippen LogP contribution in [0.4, 0.5) is 0 Å². The van der Waals surface area contributed by atoms with Gasteiger partial charge in [-0.25, -0.2) is 4.98 Å². The van der Waals surface area contributed by atoms with Gasteiger partial charge < -0.3 is 20.2 Å². The lowest BCUT2D eigenvalue weighted by molar-refractivity contribution is 0.0859. The topological polar surface area (TPSA) is 73.2 Å². The number of benzene rings is 2. The Balaban J connectivity index is 1.72. The number of H-pyrrole nitrogens is 1. The molecule has 0 spiro atoms. The first-order valence-electron chi connectivity index (χ1n) is 6.91. The fraction of sp³-hybridized carbons (Fsp3) is 0.188. The van der Waals surface area contributed by atoms with Crippen molar-refractivity contribution in [1.82, 2.24) is 9.97 Å². The summed E-state index contributed by atoms with van der Waals surface area (Å²) in [7, 11) is 0. The minimum Gasteiger partial charge on any atom is -0.485 e. The number of aromatic amines is 1. The van der Waals surface area contributed by atoms with Gasteiger partial charge in [0.05, 0.1) is 11.0 Å². The maximum Gasteiger partial charge on any atom is 0.190 e. The van der Waals surface area contributed by atoms with Gasteiger partial charge in [-0.2, -0.15) is 0 Å². The molecule has 106 valence electrons. The van der Waals surface area contributed by atoms with Crippen molar-refractivity contribution in [2.24, 2.45) is 5.73 Å². The summed E-state index contributed by atoms with van der Waals surface area (Å²) in [6.07, 6.45) is -0.238. The van der Waals surface area contributed by atoms with Gasteiger partial charge in [0, 0.05) is 6.54 Å². The maximum absolute atomic E-state index is 5.97. The Morgan fingerprint density at radius 1 is 1.14 bits per heavy atom. The van der Waals surface area contributed by atoms with Crippen molar-refractivity contribution < 1.29 is 9.47 Å². The number of ether oxygens (including phenoxy) is 2. The number of nitrogens with zero attached hydrogens (tertiary/aromatic N) is 1. The Morgan fingerprint density at radius 2 is 2.00 bits per heavy atom. The van der Waals surface area contributed by atoms with E-state index in [1.807, 2.05) is 42.5 Å². The predicted molar refractivity (Wildman–Crippen MR) is 79.3 cm³/mol. The van der Waals surface area contributed by atoms with E-state index in [-0.39, 0.29) is 6.10 Å². The average Bonchev–Trinajstić information content (AvgIpc) is 2.98. The van der Waals surface area contributed by atoms with Gasteiger partial charge in [0.25, 0.3) is 0 Å². The molecule has 21 heavy (non-hydrogen) atoms. The van der Waals surface area contributed by atoms with Crippen LogP contribution in [0.1, 0.15) is 17.5 Å². The molecule has 0 amide bonds. The van der Waals surface area contributed by atoms with Gasteiger partial charge in [-0.05, 0) is 23.8 Å². The highest BCUT2D eigenvalue weighted by molar-refractivity contribution is 5.78. The van der Waals surface area contributed by atoms with Gasteiger partial charge in [0.15, 0.2) is 23.4 Å². The predicted octanol–water partition coefficient (Wildman–Crippen LogP) is 2.53. The van der Waals surface area contributed by atoms with Crippen LogP contribution in [0.25, 0.3) is 11.0 Å². The minimum atomic E-state index is -0.238. The van der Waals surface area contributed by atoms with E-state index < -0.39 is 0 Å². The van der Waals surface area contributed by atoms with Gasteiger partial charge in [0.1, 0.15) is 6.61 Å². The molecule has 0 saturated heterocycles. The van der Waals surface area contributed by atoms with E-state index in [4.69, 9.17) is 15.2 Å². The molecule has 1 atom stereocenters. The largest absolute Gasteiger partial charge is 0.485 e. The maximum atomic E-state index is 5.97. The van der Waals surface area contributed by atoms with Crippen molar-refractivity contribution in [3.63, 3.8) is 0 Å². The van der Waals surface area contributed by atoms with Gasteiger partial charge in [-0.15, -0.1) is 0 Å². The van der Waals surface area contributed by atoms with Crippen molar-refractivity contribution in [3.05, 3.63) is 53.9 Å². The SMILES string of the molecule is NCc1cccc2[nH]c(C3COc4ccccc4O3)nc12. The first kappa shape index (κ1) is 12.2. The van der Waals surface area contributed by atoms with E-state index in [1.54, 1.807) is 0 Å². The van der Waals surface area contributed by atoms with E-state index in [9.17, 15) is 0 Å². The highest BCUT2D eigenvalue weighted by atomic mass is 16.6. The third-order valence-corrected chi connectivity index (χ3v) is 3.65. The molecule has 1 aromatic heterocycles. The van der Waals surface area contributed by atoms with Crippen molar-refractivity contribution in [3.8, 4) is 11.5 Å². The van der Waals surface area contributed by atoms with Crippen LogP contribution >= 0.6 is 0 Å². The summed E-state index contributed by atoms with van der Waals surface area (Å²) in [4.78, 5) is 7.94. The summed E-state index contributed by atoms with van der Waals surface area (Å²) in [5.41, 5.74) is 8.65. The van der Waals surface area contributed by atoms with Gasteiger partial charge in [-0.1, -0.05) is 24.3 Å². The van der Waals surface area contributed by atoms with Crippen LogP contribution in [0.3, 0.4) is 0 Å². The average molecular weight is 281 g/mol. The fourth-order valence-electron chi connectivity index (χ4n) is 2.58. The summed E-state index contributed by atoms with van der Waals surface area (Å²) >= 11 is 0. The highest BCUT2D eigenvalue weighted by Crippen LogP contribution is 2.35. The van der Waals surface area contributed by atoms with Crippen LogP contribution in [0.15, 0.2) is 42.5 Å². The number of hydrogen-bond acceptors (Lipinski definition) is 4. The van der Waals surface area contributed by atoms with Crippen LogP contribution in [-0.2, 0) is 6.54 Å². The number of imidazole rings is 1. The Morgan fingerprint density at radius 3 is 2.86 bits per heavy atom. The Kier molecular flexibility index (Phi) is 2.79. The molecule has 0 aliphatic carbocycles. The summed E-state index contributed by atoms with van der Waals surface area (Å²) in [5.74, 6) is 2.28. The third kappa shape index (κ3) is 2.02. The monoisotopic (exact) mass is 281 g/mol. The Labute approximate surface area is 121 Å². The molecule has 0 fully saturated rings. The molecule has 1 unspecified atom stereocenters. The Hall–Kier alpha value is -2.53. The number of fused-ring (bicyclic) bond motifs is 2. The molecule has 5 heteroatoms. The van der Waals surface area contributed by atoms with Crippen molar-refractivity contribution in [1.29, 1.82) is 0 Å². The quantitative estimate of drug-likeness (QED) is 0.757. The standard InChI is InChI=1S/C16H15N3O2/c17-8-10-4-3-5-11-15(10)19-16(18-11)14-9-20-12-6-1-2-7-13(12)21-14/h1-7,14H,8-9,17H2,(H,18,19). The zero-order chi connectivity index (χ0) is 14.2. The molecule has 0 bridgehead atoms. The molecule has 1 aliphatic heterocycles. The van der Waals surface area contributed by atoms with Crippen molar-refractivity contribution in [2.75, 3.05) is 6.61 Å². The number of para-hydroxylation sites is 3. The van der Waals surface area contributed by atoms with Gasteiger partial charge in [-0.3, -0.25) is 0 Å².